The normalized spacial score (nSPS) is 11.3. The standard InChI is InChI=1S/C13H11ClN6O3S2/c1-25(22,23)19-13-18-17-12(24-13)16-11(21)8-6-15-20(7-8)10-4-2-9(14)3-5-10/h2-7H,1H3,(H,18,19)(H,16,17,21). The predicted molar refractivity (Wildman–Crippen MR) is 94.9 cm³/mol. The summed E-state index contributed by atoms with van der Waals surface area (Å²) in [5.41, 5.74) is 1.06. The van der Waals surface area contributed by atoms with Crippen LogP contribution in [0.4, 0.5) is 10.3 Å². The zero-order valence-corrected chi connectivity index (χ0v) is 15.1. The minimum absolute atomic E-state index is 0.0645. The SMILES string of the molecule is CS(=O)(=O)Nc1nnc(NC(=O)c2cnn(-c3ccc(Cl)cc3)c2)s1. The number of aromatic nitrogens is 4. The Hall–Kier alpha value is -2.50. The number of hydrogen-bond donors (Lipinski definition) is 2. The first-order valence-electron chi connectivity index (χ1n) is 6.73. The Morgan fingerprint density at radius 3 is 2.56 bits per heavy atom. The number of benzene rings is 1. The van der Waals surface area contributed by atoms with Gasteiger partial charge in [0, 0.05) is 11.2 Å². The summed E-state index contributed by atoms with van der Waals surface area (Å²) in [5.74, 6) is -0.442. The number of amides is 1. The van der Waals surface area contributed by atoms with E-state index in [9.17, 15) is 13.2 Å². The molecular formula is C13H11ClN6O3S2. The summed E-state index contributed by atoms with van der Waals surface area (Å²) < 4.78 is 26.0. The van der Waals surface area contributed by atoms with Crippen molar-refractivity contribution < 1.29 is 13.2 Å². The van der Waals surface area contributed by atoms with Gasteiger partial charge in [-0.05, 0) is 24.3 Å². The van der Waals surface area contributed by atoms with Crippen molar-refractivity contribution in [3.8, 4) is 5.69 Å². The molecule has 0 unspecified atom stereocenters. The lowest BCUT2D eigenvalue weighted by molar-refractivity contribution is 0.102. The zero-order chi connectivity index (χ0) is 18.0. The molecule has 0 fully saturated rings. The van der Waals surface area contributed by atoms with E-state index in [0.717, 1.165) is 23.3 Å². The molecule has 1 aromatic carbocycles. The summed E-state index contributed by atoms with van der Waals surface area (Å²) in [6, 6.07) is 6.97. The number of rotatable bonds is 5. The number of nitrogens with zero attached hydrogens (tertiary/aromatic N) is 4. The number of sulfonamides is 1. The van der Waals surface area contributed by atoms with Crippen LogP contribution in [0.5, 0.6) is 0 Å². The Balaban J connectivity index is 1.71. The Morgan fingerprint density at radius 2 is 1.88 bits per heavy atom. The first-order valence-corrected chi connectivity index (χ1v) is 9.82. The van der Waals surface area contributed by atoms with Crippen LogP contribution in [0.15, 0.2) is 36.7 Å². The summed E-state index contributed by atoms with van der Waals surface area (Å²) in [4.78, 5) is 12.2. The van der Waals surface area contributed by atoms with Gasteiger partial charge in [0.05, 0.1) is 23.7 Å². The van der Waals surface area contributed by atoms with E-state index in [2.05, 4.69) is 25.3 Å². The van der Waals surface area contributed by atoms with Gasteiger partial charge in [0.15, 0.2) is 0 Å². The molecule has 2 aromatic heterocycles. The second kappa shape index (κ2) is 6.78. The highest BCUT2D eigenvalue weighted by atomic mass is 35.5. The van der Waals surface area contributed by atoms with Crippen LogP contribution in [0.3, 0.4) is 0 Å². The van der Waals surface area contributed by atoms with E-state index in [0.29, 0.717) is 10.6 Å². The molecule has 0 aliphatic heterocycles. The molecule has 0 radical (unpaired) electrons. The van der Waals surface area contributed by atoms with Gasteiger partial charge in [0.25, 0.3) is 5.91 Å². The quantitative estimate of drug-likeness (QED) is 0.678. The molecule has 2 heterocycles. The molecule has 0 bridgehead atoms. The smallest absolute Gasteiger partial charge is 0.260 e. The fraction of sp³-hybridized carbons (Fsp3) is 0.0769. The average molecular weight is 399 g/mol. The predicted octanol–water partition coefficient (Wildman–Crippen LogP) is 2.00. The minimum Gasteiger partial charge on any atom is -0.296 e. The van der Waals surface area contributed by atoms with Gasteiger partial charge in [-0.2, -0.15) is 5.10 Å². The van der Waals surface area contributed by atoms with Gasteiger partial charge in [0.2, 0.25) is 20.3 Å². The molecule has 0 saturated heterocycles. The maximum Gasteiger partial charge on any atom is 0.260 e. The van der Waals surface area contributed by atoms with Crippen LogP contribution in [0.1, 0.15) is 10.4 Å². The molecule has 130 valence electrons. The molecule has 3 aromatic rings. The molecule has 2 N–H and O–H groups in total. The van der Waals surface area contributed by atoms with Crippen LogP contribution < -0.4 is 10.0 Å². The third-order valence-corrected chi connectivity index (χ3v) is 4.55. The van der Waals surface area contributed by atoms with Gasteiger partial charge in [-0.1, -0.05) is 22.9 Å². The number of halogens is 1. The maximum absolute atomic E-state index is 12.2. The van der Waals surface area contributed by atoms with Crippen molar-refractivity contribution in [2.45, 2.75) is 0 Å². The van der Waals surface area contributed by atoms with Crippen LogP contribution in [0.25, 0.3) is 5.69 Å². The first kappa shape index (κ1) is 17.3. The van der Waals surface area contributed by atoms with Crippen molar-refractivity contribution in [3.05, 3.63) is 47.2 Å². The highest BCUT2D eigenvalue weighted by Gasteiger charge is 2.14. The van der Waals surface area contributed by atoms with Crippen molar-refractivity contribution in [1.29, 1.82) is 0 Å². The van der Waals surface area contributed by atoms with E-state index >= 15 is 0 Å². The Bertz CT molecular complexity index is 1010. The summed E-state index contributed by atoms with van der Waals surface area (Å²) in [6.45, 7) is 0. The Kier molecular flexibility index (Phi) is 4.70. The van der Waals surface area contributed by atoms with E-state index in [1.165, 1.54) is 10.9 Å². The molecule has 0 saturated carbocycles. The number of hydrogen-bond acceptors (Lipinski definition) is 7. The van der Waals surface area contributed by atoms with Gasteiger partial charge in [-0.25, -0.2) is 13.1 Å². The summed E-state index contributed by atoms with van der Waals surface area (Å²) >= 11 is 6.74. The largest absolute Gasteiger partial charge is 0.296 e. The third-order valence-electron chi connectivity index (χ3n) is 2.85. The van der Waals surface area contributed by atoms with Crippen LogP contribution >= 0.6 is 22.9 Å². The minimum atomic E-state index is -3.45. The van der Waals surface area contributed by atoms with Crippen LogP contribution in [0, 0.1) is 0 Å². The molecule has 9 nitrogen and oxygen atoms in total. The van der Waals surface area contributed by atoms with Crippen molar-refractivity contribution >= 4 is 49.1 Å². The van der Waals surface area contributed by atoms with Crippen LogP contribution in [-0.2, 0) is 10.0 Å². The zero-order valence-electron chi connectivity index (χ0n) is 12.7. The Labute approximate surface area is 151 Å². The summed E-state index contributed by atoms with van der Waals surface area (Å²) in [7, 11) is -3.45. The van der Waals surface area contributed by atoms with Gasteiger partial charge in [0.1, 0.15) is 0 Å². The fourth-order valence-electron chi connectivity index (χ4n) is 1.82. The Morgan fingerprint density at radius 1 is 1.20 bits per heavy atom. The molecule has 3 rings (SSSR count). The molecule has 0 aliphatic carbocycles. The monoisotopic (exact) mass is 398 g/mol. The molecule has 12 heteroatoms. The topological polar surface area (TPSA) is 119 Å². The number of carbonyl (C=O) groups is 1. The molecule has 1 amide bonds. The fourth-order valence-corrected chi connectivity index (χ4v) is 3.41. The first-order chi connectivity index (χ1) is 11.8. The number of carbonyl (C=O) groups excluding carboxylic acids is 1. The molecular weight excluding hydrogens is 388 g/mol. The lowest BCUT2D eigenvalue weighted by Crippen LogP contribution is -2.10. The van der Waals surface area contributed by atoms with E-state index < -0.39 is 15.9 Å². The van der Waals surface area contributed by atoms with Crippen molar-refractivity contribution in [2.75, 3.05) is 16.3 Å². The van der Waals surface area contributed by atoms with Crippen molar-refractivity contribution in [2.24, 2.45) is 0 Å². The van der Waals surface area contributed by atoms with E-state index in [1.54, 1.807) is 30.5 Å². The third kappa shape index (κ3) is 4.53. The number of nitrogens with one attached hydrogen (secondary N) is 2. The highest BCUT2D eigenvalue weighted by Crippen LogP contribution is 2.21. The molecule has 0 aliphatic rings. The van der Waals surface area contributed by atoms with Crippen LogP contribution in [0.2, 0.25) is 5.02 Å². The average Bonchev–Trinajstić information content (AvgIpc) is 3.16. The lowest BCUT2D eigenvalue weighted by Gasteiger charge is -2.00. The summed E-state index contributed by atoms with van der Waals surface area (Å²) in [6.07, 6.45) is 3.95. The van der Waals surface area contributed by atoms with Gasteiger partial charge >= 0.3 is 0 Å². The molecule has 0 atom stereocenters. The van der Waals surface area contributed by atoms with E-state index in [-0.39, 0.29) is 10.3 Å². The van der Waals surface area contributed by atoms with Gasteiger partial charge in [-0.3, -0.25) is 14.8 Å². The lowest BCUT2D eigenvalue weighted by atomic mass is 10.3. The second-order valence-corrected chi connectivity index (χ2v) is 8.05. The van der Waals surface area contributed by atoms with Gasteiger partial charge < -0.3 is 0 Å². The van der Waals surface area contributed by atoms with Crippen molar-refractivity contribution in [1.82, 2.24) is 20.0 Å². The highest BCUT2D eigenvalue weighted by molar-refractivity contribution is 7.92. The van der Waals surface area contributed by atoms with E-state index in [4.69, 9.17) is 11.6 Å². The van der Waals surface area contributed by atoms with Gasteiger partial charge in [-0.15, -0.1) is 10.2 Å². The molecule has 25 heavy (non-hydrogen) atoms. The van der Waals surface area contributed by atoms with E-state index in [1.807, 2.05) is 0 Å². The van der Waals surface area contributed by atoms with Crippen LogP contribution in [-0.4, -0.2) is 40.6 Å². The second-order valence-electron chi connectivity index (χ2n) is 4.89. The number of anilines is 2. The summed E-state index contributed by atoms with van der Waals surface area (Å²) in [5, 5.41) is 14.8. The molecule has 0 spiro atoms. The maximum atomic E-state index is 12.2. The van der Waals surface area contributed by atoms with Crippen molar-refractivity contribution in [3.63, 3.8) is 0 Å².